The van der Waals surface area contributed by atoms with Gasteiger partial charge in [-0.3, -0.25) is 13.9 Å². The van der Waals surface area contributed by atoms with E-state index in [9.17, 15) is 9.59 Å². The minimum Gasteiger partial charge on any atom is -0.383 e. The lowest BCUT2D eigenvalue weighted by atomic mass is 9.99. The summed E-state index contributed by atoms with van der Waals surface area (Å²) in [5.74, 6) is 0.226. The van der Waals surface area contributed by atoms with Gasteiger partial charge in [-0.25, -0.2) is 4.79 Å². The summed E-state index contributed by atoms with van der Waals surface area (Å²) in [6, 6.07) is 0. The highest BCUT2D eigenvalue weighted by Crippen LogP contribution is 2.20. The first-order valence-corrected chi connectivity index (χ1v) is 7.12. The third kappa shape index (κ3) is 3.23. The predicted molar refractivity (Wildman–Crippen MR) is 83.3 cm³/mol. The lowest BCUT2D eigenvalue weighted by Crippen LogP contribution is -2.43. The predicted octanol–water partition coefficient (Wildman–Crippen LogP) is 1.53. The Morgan fingerprint density at radius 3 is 2.30 bits per heavy atom. The third-order valence-corrected chi connectivity index (χ3v) is 3.37. The Morgan fingerprint density at radius 2 is 1.80 bits per heavy atom. The van der Waals surface area contributed by atoms with Crippen LogP contribution < -0.4 is 22.3 Å². The van der Waals surface area contributed by atoms with Crippen LogP contribution >= 0.6 is 0 Å². The van der Waals surface area contributed by atoms with E-state index >= 15 is 0 Å². The summed E-state index contributed by atoms with van der Waals surface area (Å²) in [4.78, 5) is 24.3. The minimum atomic E-state index is -0.371. The fourth-order valence-corrected chi connectivity index (χ4v) is 2.37. The van der Waals surface area contributed by atoms with Gasteiger partial charge in [-0.1, -0.05) is 20.3 Å². The van der Waals surface area contributed by atoms with E-state index in [0.29, 0.717) is 12.2 Å². The normalized spacial score (nSPS) is 11.7. The number of nitrogens with zero attached hydrogens (tertiary/aromatic N) is 2. The SMILES string of the molecule is CCCn1c(N)c(NC(C)(C)CCC)c(=O)n(C)c1=O. The number of nitrogen functional groups attached to an aromatic ring is 1. The van der Waals surface area contributed by atoms with Crippen molar-refractivity contribution in [3.63, 3.8) is 0 Å². The fourth-order valence-electron chi connectivity index (χ4n) is 2.37. The Labute approximate surface area is 119 Å². The molecule has 6 heteroatoms. The van der Waals surface area contributed by atoms with Crippen molar-refractivity contribution in [2.75, 3.05) is 11.1 Å². The van der Waals surface area contributed by atoms with E-state index in [0.717, 1.165) is 23.8 Å². The molecule has 0 bridgehead atoms. The zero-order valence-electron chi connectivity index (χ0n) is 13.1. The first-order valence-electron chi connectivity index (χ1n) is 7.12. The first-order chi connectivity index (χ1) is 9.25. The molecule has 0 aliphatic heterocycles. The van der Waals surface area contributed by atoms with Gasteiger partial charge in [-0.15, -0.1) is 0 Å². The van der Waals surface area contributed by atoms with Crippen molar-refractivity contribution in [1.29, 1.82) is 0 Å². The summed E-state index contributed by atoms with van der Waals surface area (Å²) in [5, 5.41) is 3.20. The van der Waals surface area contributed by atoms with Crippen molar-refractivity contribution < 1.29 is 0 Å². The summed E-state index contributed by atoms with van der Waals surface area (Å²) in [7, 11) is 1.48. The molecular weight excluding hydrogens is 256 g/mol. The molecule has 1 aromatic rings. The molecule has 0 aromatic carbocycles. The maximum atomic E-state index is 12.3. The van der Waals surface area contributed by atoms with Crippen LogP contribution in [0.4, 0.5) is 11.5 Å². The molecule has 1 aromatic heterocycles. The second-order valence-electron chi connectivity index (χ2n) is 5.82. The average molecular weight is 282 g/mol. The number of hydrogen-bond acceptors (Lipinski definition) is 4. The zero-order chi connectivity index (χ0) is 15.5. The highest BCUT2D eigenvalue weighted by molar-refractivity contribution is 5.61. The Balaban J connectivity index is 3.40. The highest BCUT2D eigenvalue weighted by atomic mass is 16.2. The number of nitrogens with one attached hydrogen (secondary N) is 1. The molecule has 0 radical (unpaired) electrons. The molecule has 1 heterocycles. The van der Waals surface area contributed by atoms with Crippen molar-refractivity contribution in [2.45, 2.75) is 59.0 Å². The van der Waals surface area contributed by atoms with E-state index in [1.807, 2.05) is 20.8 Å². The monoisotopic (exact) mass is 282 g/mol. The van der Waals surface area contributed by atoms with Crippen molar-refractivity contribution in [3.8, 4) is 0 Å². The average Bonchev–Trinajstić information content (AvgIpc) is 2.37. The molecule has 1 rings (SSSR count). The molecular formula is C14H26N4O2. The minimum absolute atomic E-state index is 0.226. The molecule has 0 saturated heterocycles. The molecule has 0 fully saturated rings. The van der Waals surface area contributed by atoms with Gasteiger partial charge in [-0.2, -0.15) is 0 Å². The van der Waals surface area contributed by atoms with Gasteiger partial charge in [0.2, 0.25) is 0 Å². The number of aromatic nitrogens is 2. The summed E-state index contributed by atoms with van der Waals surface area (Å²) >= 11 is 0. The highest BCUT2D eigenvalue weighted by Gasteiger charge is 2.22. The second kappa shape index (κ2) is 6.15. The quantitative estimate of drug-likeness (QED) is 0.829. The Hall–Kier alpha value is -1.72. The van der Waals surface area contributed by atoms with E-state index in [1.165, 1.54) is 11.6 Å². The summed E-state index contributed by atoms with van der Waals surface area (Å²) in [6.07, 6.45) is 2.68. The fraction of sp³-hybridized carbons (Fsp3) is 0.714. The molecule has 3 N–H and O–H groups in total. The van der Waals surface area contributed by atoms with Crippen LogP contribution in [-0.4, -0.2) is 14.7 Å². The van der Waals surface area contributed by atoms with Crippen molar-refractivity contribution in [2.24, 2.45) is 7.05 Å². The molecule has 0 spiro atoms. The molecule has 114 valence electrons. The maximum Gasteiger partial charge on any atom is 0.332 e. The third-order valence-electron chi connectivity index (χ3n) is 3.37. The largest absolute Gasteiger partial charge is 0.383 e. The molecule has 0 atom stereocenters. The van der Waals surface area contributed by atoms with Crippen LogP contribution in [-0.2, 0) is 13.6 Å². The van der Waals surface area contributed by atoms with E-state index in [-0.39, 0.29) is 22.6 Å². The molecule has 0 aliphatic carbocycles. The topological polar surface area (TPSA) is 82.0 Å². The smallest absolute Gasteiger partial charge is 0.332 e. The van der Waals surface area contributed by atoms with E-state index in [1.54, 1.807) is 0 Å². The zero-order valence-corrected chi connectivity index (χ0v) is 13.1. The summed E-state index contributed by atoms with van der Waals surface area (Å²) < 4.78 is 2.56. The summed E-state index contributed by atoms with van der Waals surface area (Å²) in [6.45, 7) is 8.59. The maximum absolute atomic E-state index is 12.3. The van der Waals surface area contributed by atoms with Crippen LogP contribution in [0.15, 0.2) is 9.59 Å². The van der Waals surface area contributed by atoms with Gasteiger partial charge >= 0.3 is 5.69 Å². The van der Waals surface area contributed by atoms with Crippen molar-refractivity contribution >= 4 is 11.5 Å². The van der Waals surface area contributed by atoms with Gasteiger partial charge in [0.25, 0.3) is 5.56 Å². The van der Waals surface area contributed by atoms with Crippen LogP contribution in [0.3, 0.4) is 0 Å². The van der Waals surface area contributed by atoms with Crippen molar-refractivity contribution in [3.05, 3.63) is 20.8 Å². The Bertz CT molecular complexity index is 584. The van der Waals surface area contributed by atoms with E-state index in [4.69, 9.17) is 5.73 Å². The molecule has 0 aliphatic rings. The van der Waals surface area contributed by atoms with E-state index in [2.05, 4.69) is 12.2 Å². The lowest BCUT2D eigenvalue weighted by Gasteiger charge is -2.28. The Kier molecular flexibility index (Phi) is 5.03. The van der Waals surface area contributed by atoms with Crippen molar-refractivity contribution in [1.82, 2.24) is 9.13 Å². The number of anilines is 2. The van der Waals surface area contributed by atoms with Gasteiger partial charge in [0.05, 0.1) is 0 Å². The lowest BCUT2D eigenvalue weighted by molar-refractivity contribution is 0.506. The number of rotatable bonds is 6. The molecule has 0 unspecified atom stereocenters. The van der Waals surface area contributed by atoms with Gasteiger partial charge in [-0.05, 0) is 26.7 Å². The number of nitrogens with two attached hydrogens (primary N) is 1. The van der Waals surface area contributed by atoms with Gasteiger partial charge in [0.1, 0.15) is 11.5 Å². The molecule has 20 heavy (non-hydrogen) atoms. The van der Waals surface area contributed by atoms with Gasteiger partial charge in [0, 0.05) is 19.1 Å². The molecule has 0 saturated carbocycles. The molecule has 0 amide bonds. The molecule has 6 nitrogen and oxygen atoms in total. The van der Waals surface area contributed by atoms with Crippen LogP contribution in [0.1, 0.15) is 47.0 Å². The first kappa shape index (κ1) is 16.3. The number of hydrogen-bond donors (Lipinski definition) is 2. The standard InChI is InChI=1S/C14H26N4O2/c1-6-8-14(3,4)16-10-11(15)18(9-7-2)13(20)17(5)12(10)19/h16H,6-9,15H2,1-5H3. The summed E-state index contributed by atoms with van der Waals surface area (Å²) in [5.41, 5.74) is 5.36. The van der Waals surface area contributed by atoms with Gasteiger partial charge in [0.15, 0.2) is 0 Å². The Morgan fingerprint density at radius 1 is 1.20 bits per heavy atom. The van der Waals surface area contributed by atoms with E-state index < -0.39 is 0 Å². The second-order valence-corrected chi connectivity index (χ2v) is 5.82. The van der Waals surface area contributed by atoms with Crippen LogP contribution in [0.2, 0.25) is 0 Å². The van der Waals surface area contributed by atoms with Gasteiger partial charge < -0.3 is 11.1 Å². The van der Waals surface area contributed by atoms with Crippen LogP contribution in [0.5, 0.6) is 0 Å². The van der Waals surface area contributed by atoms with Crippen LogP contribution in [0.25, 0.3) is 0 Å². The van der Waals surface area contributed by atoms with Crippen LogP contribution in [0, 0.1) is 0 Å².